The van der Waals surface area contributed by atoms with E-state index in [0.717, 1.165) is 15.7 Å². The van der Waals surface area contributed by atoms with Crippen LogP contribution in [0, 0.1) is 6.92 Å². The van der Waals surface area contributed by atoms with Gasteiger partial charge in [0, 0.05) is 15.0 Å². The van der Waals surface area contributed by atoms with E-state index in [1.54, 1.807) is 17.4 Å². The van der Waals surface area contributed by atoms with Crippen LogP contribution in [0.3, 0.4) is 0 Å². The standard InChI is InChI=1S/C15H16BrNO2S/c1-9-11(15(18)19-3)5-4-6-13(9)17-10(2)14-12(16)7-8-20-14/h4-8,10,17H,1-3H3. The van der Waals surface area contributed by atoms with E-state index in [1.165, 1.54) is 12.0 Å². The first-order chi connectivity index (χ1) is 9.54. The average Bonchev–Trinajstić information content (AvgIpc) is 2.86. The fourth-order valence-electron chi connectivity index (χ4n) is 2.04. The lowest BCUT2D eigenvalue weighted by Crippen LogP contribution is -2.10. The summed E-state index contributed by atoms with van der Waals surface area (Å²) in [4.78, 5) is 12.9. The molecule has 20 heavy (non-hydrogen) atoms. The van der Waals surface area contributed by atoms with Gasteiger partial charge in [0.25, 0.3) is 0 Å². The first-order valence-corrected chi connectivity index (χ1v) is 7.89. The second-order valence-corrected chi connectivity index (χ2v) is 6.27. The van der Waals surface area contributed by atoms with E-state index in [4.69, 9.17) is 4.74 Å². The summed E-state index contributed by atoms with van der Waals surface area (Å²) in [7, 11) is 1.40. The zero-order valence-corrected chi connectivity index (χ0v) is 14.0. The molecule has 5 heteroatoms. The molecule has 1 atom stereocenters. The van der Waals surface area contributed by atoms with Crippen LogP contribution in [0.5, 0.6) is 0 Å². The molecule has 0 aliphatic heterocycles. The van der Waals surface area contributed by atoms with E-state index in [9.17, 15) is 4.79 Å². The molecule has 0 aliphatic rings. The first kappa shape index (κ1) is 15.1. The highest BCUT2D eigenvalue weighted by Crippen LogP contribution is 2.32. The smallest absolute Gasteiger partial charge is 0.338 e. The predicted molar refractivity (Wildman–Crippen MR) is 86.6 cm³/mol. The fourth-order valence-corrected chi connectivity index (χ4v) is 3.76. The predicted octanol–water partition coefficient (Wildman–Crippen LogP) is 4.78. The molecular weight excluding hydrogens is 338 g/mol. The van der Waals surface area contributed by atoms with Crippen molar-refractivity contribution in [3.05, 3.63) is 50.1 Å². The first-order valence-electron chi connectivity index (χ1n) is 6.22. The molecule has 106 valence electrons. The lowest BCUT2D eigenvalue weighted by molar-refractivity contribution is 0.0600. The van der Waals surface area contributed by atoms with Crippen LogP contribution < -0.4 is 5.32 Å². The number of carbonyl (C=O) groups excluding carboxylic acids is 1. The minimum Gasteiger partial charge on any atom is -0.465 e. The molecule has 1 unspecified atom stereocenters. The molecule has 0 spiro atoms. The summed E-state index contributed by atoms with van der Waals surface area (Å²) in [6.45, 7) is 4.02. The van der Waals surface area contributed by atoms with Gasteiger partial charge in [0.15, 0.2) is 0 Å². The van der Waals surface area contributed by atoms with Gasteiger partial charge in [-0.25, -0.2) is 4.79 Å². The van der Waals surface area contributed by atoms with Gasteiger partial charge in [-0.15, -0.1) is 11.3 Å². The summed E-state index contributed by atoms with van der Waals surface area (Å²) in [6.07, 6.45) is 0. The Labute approximate surface area is 131 Å². The molecule has 0 saturated carbocycles. The van der Waals surface area contributed by atoms with Gasteiger partial charge < -0.3 is 10.1 Å². The van der Waals surface area contributed by atoms with Crippen molar-refractivity contribution in [2.24, 2.45) is 0 Å². The van der Waals surface area contributed by atoms with Crippen molar-refractivity contribution in [3.63, 3.8) is 0 Å². The summed E-state index contributed by atoms with van der Waals surface area (Å²) in [5.74, 6) is -0.309. The second-order valence-electron chi connectivity index (χ2n) is 4.47. The van der Waals surface area contributed by atoms with Crippen molar-refractivity contribution in [3.8, 4) is 0 Å². The van der Waals surface area contributed by atoms with E-state index in [1.807, 2.05) is 25.1 Å². The van der Waals surface area contributed by atoms with E-state index >= 15 is 0 Å². The highest BCUT2D eigenvalue weighted by atomic mass is 79.9. The second kappa shape index (κ2) is 6.41. The van der Waals surface area contributed by atoms with Gasteiger partial charge in [-0.1, -0.05) is 6.07 Å². The number of methoxy groups -OCH3 is 1. The van der Waals surface area contributed by atoms with Crippen LogP contribution in [-0.2, 0) is 4.74 Å². The molecule has 0 bridgehead atoms. The van der Waals surface area contributed by atoms with Gasteiger partial charge >= 0.3 is 5.97 Å². The van der Waals surface area contributed by atoms with Crippen LogP contribution in [0.25, 0.3) is 0 Å². The molecule has 1 aromatic carbocycles. The molecule has 0 radical (unpaired) electrons. The van der Waals surface area contributed by atoms with Crippen LogP contribution in [0.4, 0.5) is 5.69 Å². The monoisotopic (exact) mass is 353 g/mol. The van der Waals surface area contributed by atoms with Crippen molar-refractivity contribution in [1.29, 1.82) is 0 Å². The Kier molecular flexibility index (Phi) is 4.83. The van der Waals surface area contributed by atoms with E-state index in [-0.39, 0.29) is 12.0 Å². The molecule has 1 heterocycles. The number of benzene rings is 1. The summed E-state index contributed by atoms with van der Waals surface area (Å²) < 4.78 is 5.90. The molecule has 2 aromatic rings. The summed E-state index contributed by atoms with van der Waals surface area (Å²) >= 11 is 5.24. The number of carbonyl (C=O) groups is 1. The lowest BCUT2D eigenvalue weighted by Gasteiger charge is -2.17. The fraction of sp³-hybridized carbons (Fsp3) is 0.267. The molecule has 0 amide bonds. The lowest BCUT2D eigenvalue weighted by atomic mass is 10.1. The number of anilines is 1. The zero-order chi connectivity index (χ0) is 14.7. The van der Waals surface area contributed by atoms with Crippen LogP contribution in [0.15, 0.2) is 34.1 Å². The van der Waals surface area contributed by atoms with Crippen molar-refractivity contribution < 1.29 is 9.53 Å². The minimum atomic E-state index is -0.309. The SMILES string of the molecule is COC(=O)c1cccc(NC(C)c2sccc2Br)c1C. The van der Waals surface area contributed by atoms with Crippen molar-refractivity contribution >= 4 is 38.9 Å². The number of esters is 1. The van der Waals surface area contributed by atoms with E-state index < -0.39 is 0 Å². The maximum atomic E-state index is 11.7. The molecule has 0 saturated heterocycles. The molecule has 3 nitrogen and oxygen atoms in total. The third-order valence-electron chi connectivity index (χ3n) is 3.15. The molecule has 0 aliphatic carbocycles. The number of nitrogens with one attached hydrogen (secondary N) is 1. The molecular formula is C15H16BrNO2S. The third kappa shape index (κ3) is 3.04. The Morgan fingerprint density at radius 2 is 2.15 bits per heavy atom. The highest BCUT2D eigenvalue weighted by molar-refractivity contribution is 9.10. The summed E-state index contributed by atoms with van der Waals surface area (Å²) in [5.41, 5.74) is 2.44. The van der Waals surface area contributed by atoms with Crippen molar-refractivity contribution in [2.75, 3.05) is 12.4 Å². The van der Waals surface area contributed by atoms with Crippen LogP contribution in [-0.4, -0.2) is 13.1 Å². The number of ether oxygens (including phenoxy) is 1. The Bertz CT molecular complexity index is 624. The molecule has 1 N–H and O–H groups in total. The Balaban J connectivity index is 2.26. The Morgan fingerprint density at radius 3 is 2.75 bits per heavy atom. The minimum absolute atomic E-state index is 0.163. The Hall–Kier alpha value is -1.33. The van der Waals surface area contributed by atoms with Crippen molar-refractivity contribution in [2.45, 2.75) is 19.9 Å². The number of hydrogen-bond donors (Lipinski definition) is 1. The normalized spacial score (nSPS) is 12.0. The molecule has 1 aromatic heterocycles. The third-order valence-corrected chi connectivity index (χ3v) is 5.20. The largest absolute Gasteiger partial charge is 0.465 e. The van der Waals surface area contributed by atoms with Gasteiger partial charge in [-0.2, -0.15) is 0 Å². The van der Waals surface area contributed by atoms with Crippen molar-refractivity contribution in [1.82, 2.24) is 0 Å². The van der Waals surface area contributed by atoms with Crippen LogP contribution in [0.1, 0.15) is 33.8 Å². The zero-order valence-electron chi connectivity index (χ0n) is 11.6. The molecule has 0 fully saturated rings. The topological polar surface area (TPSA) is 38.3 Å². The quantitative estimate of drug-likeness (QED) is 0.803. The van der Waals surface area contributed by atoms with Gasteiger partial charge in [-0.05, 0) is 58.9 Å². The maximum absolute atomic E-state index is 11.7. The number of thiophene rings is 1. The molecule has 2 rings (SSSR count). The van der Waals surface area contributed by atoms with Crippen LogP contribution in [0.2, 0.25) is 0 Å². The number of halogens is 1. The number of hydrogen-bond acceptors (Lipinski definition) is 4. The van der Waals surface area contributed by atoms with Gasteiger partial charge in [0.2, 0.25) is 0 Å². The number of rotatable bonds is 4. The average molecular weight is 354 g/mol. The highest BCUT2D eigenvalue weighted by Gasteiger charge is 2.15. The summed E-state index contributed by atoms with van der Waals surface area (Å²) in [5, 5.41) is 5.50. The van der Waals surface area contributed by atoms with E-state index in [2.05, 4.69) is 33.6 Å². The summed E-state index contributed by atoms with van der Waals surface area (Å²) in [6, 6.07) is 7.81. The van der Waals surface area contributed by atoms with Gasteiger partial charge in [0.05, 0.1) is 18.7 Å². The Morgan fingerprint density at radius 1 is 1.40 bits per heavy atom. The van der Waals surface area contributed by atoms with E-state index in [0.29, 0.717) is 5.56 Å². The van der Waals surface area contributed by atoms with Gasteiger partial charge in [-0.3, -0.25) is 0 Å². The van der Waals surface area contributed by atoms with Gasteiger partial charge in [0.1, 0.15) is 0 Å². The maximum Gasteiger partial charge on any atom is 0.338 e. The van der Waals surface area contributed by atoms with Crippen LogP contribution >= 0.6 is 27.3 Å².